The number of benzene rings is 2. The second-order valence-corrected chi connectivity index (χ2v) is 5.76. The highest BCUT2D eigenvalue weighted by molar-refractivity contribution is 6.01. The van der Waals surface area contributed by atoms with Crippen LogP contribution in [-0.2, 0) is 16.8 Å². The van der Waals surface area contributed by atoms with Gasteiger partial charge in [-0.2, -0.15) is 0 Å². The molecule has 3 nitrogen and oxygen atoms in total. The van der Waals surface area contributed by atoms with Gasteiger partial charge in [0.25, 0.3) is 5.91 Å². The largest absolute Gasteiger partial charge is 0.314 e. The summed E-state index contributed by atoms with van der Waals surface area (Å²) in [6.07, 6.45) is 2.00. The van der Waals surface area contributed by atoms with Gasteiger partial charge in [-0.1, -0.05) is 48.5 Å². The molecular formula is C18H20N2O. The lowest BCUT2D eigenvalue weighted by Gasteiger charge is -2.35. The lowest BCUT2D eigenvalue weighted by atomic mass is 9.90. The van der Waals surface area contributed by atoms with Crippen LogP contribution in [0.2, 0.25) is 0 Å². The van der Waals surface area contributed by atoms with Crippen molar-refractivity contribution in [2.45, 2.75) is 25.3 Å². The van der Waals surface area contributed by atoms with Crippen LogP contribution in [0.1, 0.15) is 24.5 Å². The van der Waals surface area contributed by atoms with E-state index in [0.29, 0.717) is 0 Å². The van der Waals surface area contributed by atoms with Crippen molar-refractivity contribution in [2.24, 2.45) is 5.73 Å². The number of carbonyl (C=O) groups is 1. The van der Waals surface area contributed by atoms with Crippen molar-refractivity contribution in [3.63, 3.8) is 0 Å². The van der Waals surface area contributed by atoms with Crippen LogP contribution in [0.25, 0.3) is 0 Å². The zero-order valence-corrected chi connectivity index (χ0v) is 12.3. The van der Waals surface area contributed by atoms with E-state index in [1.54, 1.807) is 6.92 Å². The third-order valence-electron chi connectivity index (χ3n) is 4.17. The summed E-state index contributed by atoms with van der Waals surface area (Å²) in [6.45, 7) is 2.53. The van der Waals surface area contributed by atoms with Crippen LogP contribution in [0.3, 0.4) is 0 Å². The fourth-order valence-electron chi connectivity index (χ4n) is 2.93. The monoisotopic (exact) mass is 280 g/mol. The first-order valence-corrected chi connectivity index (χ1v) is 7.35. The number of fused-ring (bicyclic) bond motifs is 1. The molecule has 0 aromatic heterocycles. The number of nitrogens with zero attached hydrogens (tertiary/aromatic N) is 1. The van der Waals surface area contributed by atoms with E-state index in [1.165, 1.54) is 5.56 Å². The van der Waals surface area contributed by atoms with Crippen molar-refractivity contribution < 1.29 is 4.79 Å². The molecule has 3 rings (SSSR count). The number of amides is 1. The van der Waals surface area contributed by atoms with Crippen molar-refractivity contribution in [2.75, 3.05) is 11.4 Å². The molecule has 21 heavy (non-hydrogen) atoms. The van der Waals surface area contributed by atoms with E-state index in [4.69, 9.17) is 5.73 Å². The summed E-state index contributed by atoms with van der Waals surface area (Å²) in [5, 5.41) is 0. The van der Waals surface area contributed by atoms with Crippen LogP contribution in [0, 0.1) is 0 Å². The first-order chi connectivity index (χ1) is 10.1. The van der Waals surface area contributed by atoms with Crippen LogP contribution in [0.4, 0.5) is 5.69 Å². The second-order valence-electron chi connectivity index (χ2n) is 5.76. The van der Waals surface area contributed by atoms with Gasteiger partial charge in [-0.15, -0.1) is 0 Å². The first-order valence-electron chi connectivity index (χ1n) is 7.35. The van der Waals surface area contributed by atoms with Crippen LogP contribution >= 0.6 is 0 Å². The summed E-state index contributed by atoms with van der Waals surface area (Å²) in [7, 11) is 0. The summed E-state index contributed by atoms with van der Waals surface area (Å²) < 4.78 is 0. The van der Waals surface area contributed by atoms with Crippen molar-refractivity contribution >= 4 is 11.6 Å². The molecule has 3 heteroatoms. The Morgan fingerprint density at radius 2 is 1.76 bits per heavy atom. The Kier molecular flexibility index (Phi) is 3.52. The SMILES string of the molecule is CC(N)(C(=O)N1CCCc2ccccc21)c1ccccc1. The van der Waals surface area contributed by atoms with Gasteiger partial charge < -0.3 is 10.6 Å². The number of nitrogens with two attached hydrogens (primary N) is 1. The van der Waals surface area contributed by atoms with Gasteiger partial charge in [-0.3, -0.25) is 4.79 Å². The molecule has 0 bridgehead atoms. The molecule has 1 heterocycles. The number of aryl methyl sites for hydroxylation is 1. The zero-order valence-electron chi connectivity index (χ0n) is 12.3. The number of carbonyl (C=O) groups excluding carboxylic acids is 1. The number of anilines is 1. The molecule has 1 aliphatic rings. The molecule has 0 spiro atoms. The van der Waals surface area contributed by atoms with Crippen molar-refractivity contribution in [3.05, 3.63) is 65.7 Å². The van der Waals surface area contributed by atoms with E-state index in [0.717, 1.165) is 30.6 Å². The summed E-state index contributed by atoms with van der Waals surface area (Å²) in [5.74, 6) is -0.0409. The predicted molar refractivity (Wildman–Crippen MR) is 85.1 cm³/mol. The van der Waals surface area contributed by atoms with Gasteiger partial charge in [0.1, 0.15) is 5.54 Å². The molecule has 1 amide bonds. The molecular weight excluding hydrogens is 260 g/mol. The molecule has 0 radical (unpaired) electrons. The Labute approximate surface area is 125 Å². The van der Waals surface area contributed by atoms with E-state index in [-0.39, 0.29) is 5.91 Å². The minimum atomic E-state index is -1.01. The molecule has 0 saturated carbocycles. The topological polar surface area (TPSA) is 46.3 Å². The highest BCUT2D eigenvalue weighted by atomic mass is 16.2. The predicted octanol–water partition coefficient (Wildman–Crippen LogP) is 2.84. The fraction of sp³-hybridized carbons (Fsp3) is 0.278. The van der Waals surface area contributed by atoms with Crippen molar-refractivity contribution in [1.82, 2.24) is 0 Å². The van der Waals surface area contributed by atoms with Gasteiger partial charge in [0.15, 0.2) is 0 Å². The smallest absolute Gasteiger partial charge is 0.251 e. The van der Waals surface area contributed by atoms with Crippen LogP contribution < -0.4 is 10.6 Å². The maximum absolute atomic E-state index is 13.0. The van der Waals surface area contributed by atoms with Gasteiger partial charge in [0, 0.05) is 12.2 Å². The Hall–Kier alpha value is -2.13. The molecule has 2 aromatic rings. The summed E-state index contributed by atoms with van der Waals surface area (Å²) >= 11 is 0. The van der Waals surface area contributed by atoms with E-state index in [1.807, 2.05) is 53.4 Å². The third-order valence-corrected chi connectivity index (χ3v) is 4.17. The quantitative estimate of drug-likeness (QED) is 0.919. The minimum absolute atomic E-state index is 0.0409. The first kappa shape index (κ1) is 13.8. The maximum Gasteiger partial charge on any atom is 0.251 e. The second kappa shape index (κ2) is 5.34. The van der Waals surface area contributed by atoms with Crippen LogP contribution in [0.15, 0.2) is 54.6 Å². The molecule has 2 N–H and O–H groups in total. The van der Waals surface area contributed by atoms with Gasteiger partial charge in [-0.05, 0) is 37.0 Å². The summed E-state index contributed by atoms with van der Waals surface area (Å²) in [6, 6.07) is 17.7. The average molecular weight is 280 g/mol. The lowest BCUT2D eigenvalue weighted by molar-refractivity contribution is -0.123. The lowest BCUT2D eigenvalue weighted by Crippen LogP contribution is -2.52. The zero-order chi connectivity index (χ0) is 14.9. The Bertz CT molecular complexity index is 649. The molecule has 0 fully saturated rings. The number of hydrogen-bond acceptors (Lipinski definition) is 2. The van der Waals surface area contributed by atoms with E-state index < -0.39 is 5.54 Å². The van der Waals surface area contributed by atoms with Crippen molar-refractivity contribution in [3.8, 4) is 0 Å². The minimum Gasteiger partial charge on any atom is -0.314 e. The standard InChI is InChI=1S/C18H20N2O/c1-18(19,15-10-3-2-4-11-15)17(21)20-13-7-9-14-8-5-6-12-16(14)20/h2-6,8,10-12H,7,9,13,19H2,1H3. The van der Waals surface area contributed by atoms with Crippen molar-refractivity contribution in [1.29, 1.82) is 0 Å². The Morgan fingerprint density at radius 1 is 1.10 bits per heavy atom. The van der Waals surface area contributed by atoms with Gasteiger partial charge in [0.05, 0.1) is 0 Å². The summed E-state index contributed by atoms with van der Waals surface area (Å²) in [4.78, 5) is 14.8. The Balaban J connectivity index is 1.96. The number of hydrogen-bond donors (Lipinski definition) is 1. The molecule has 108 valence electrons. The average Bonchev–Trinajstić information content (AvgIpc) is 2.54. The van der Waals surface area contributed by atoms with E-state index >= 15 is 0 Å². The Morgan fingerprint density at radius 3 is 2.52 bits per heavy atom. The number of rotatable bonds is 2. The van der Waals surface area contributed by atoms with Gasteiger partial charge in [-0.25, -0.2) is 0 Å². The highest BCUT2D eigenvalue weighted by Crippen LogP contribution is 2.30. The molecule has 0 saturated heterocycles. The summed E-state index contributed by atoms with van der Waals surface area (Å²) in [5.41, 5.74) is 8.44. The van der Waals surface area contributed by atoms with Crippen LogP contribution in [0.5, 0.6) is 0 Å². The van der Waals surface area contributed by atoms with E-state index in [2.05, 4.69) is 6.07 Å². The maximum atomic E-state index is 13.0. The normalized spacial score (nSPS) is 17.0. The highest BCUT2D eigenvalue weighted by Gasteiger charge is 2.36. The van der Waals surface area contributed by atoms with Gasteiger partial charge >= 0.3 is 0 Å². The third kappa shape index (κ3) is 2.45. The fourth-order valence-corrected chi connectivity index (χ4v) is 2.93. The molecule has 1 atom stereocenters. The number of para-hydroxylation sites is 1. The van der Waals surface area contributed by atoms with Crippen LogP contribution in [-0.4, -0.2) is 12.5 Å². The molecule has 1 aliphatic heterocycles. The molecule has 0 aliphatic carbocycles. The molecule has 2 aromatic carbocycles. The molecule has 1 unspecified atom stereocenters. The van der Waals surface area contributed by atoms with E-state index in [9.17, 15) is 4.79 Å². The van der Waals surface area contributed by atoms with Gasteiger partial charge in [0.2, 0.25) is 0 Å².